The van der Waals surface area contributed by atoms with E-state index in [2.05, 4.69) is 20.4 Å². The third kappa shape index (κ3) is 3.29. The lowest BCUT2D eigenvalue weighted by atomic mass is 9.72. The van der Waals surface area contributed by atoms with Crippen LogP contribution in [-0.4, -0.2) is 26.9 Å². The van der Waals surface area contributed by atoms with Crippen LogP contribution in [0.4, 0.5) is 0 Å². The molecule has 7 heteroatoms. The molecule has 0 unspecified atom stereocenters. The smallest absolute Gasteiger partial charge is 0.234 e. The molecule has 2 rings (SSSR count). The van der Waals surface area contributed by atoms with Crippen molar-refractivity contribution in [2.24, 2.45) is 16.3 Å². The summed E-state index contributed by atoms with van der Waals surface area (Å²) in [6.07, 6.45) is 5.74. The lowest BCUT2D eigenvalue weighted by Crippen LogP contribution is -2.50. The van der Waals surface area contributed by atoms with Crippen molar-refractivity contribution in [1.29, 1.82) is 0 Å². The Morgan fingerprint density at radius 2 is 2.19 bits per heavy atom. The second kappa shape index (κ2) is 6.51. The molecule has 114 valence electrons. The predicted molar refractivity (Wildman–Crippen MR) is 77.5 cm³/mol. The average molecular weight is 291 g/mol. The van der Waals surface area contributed by atoms with Gasteiger partial charge in [-0.3, -0.25) is 4.79 Å². The molecule has 0 radical (unpaired) electrons. The van der Waals surface area contributed by atoms with Gasteiger partial charge in [-0.15, -0.1) is 0 Å². The average Bonchev–Trinajstić information content (AvgIpc) is 2.52. The van der Waals surface area contributed by atoms with Gasteiger partial charge < -0.3 is 16.3 Å². The van der Waals surface area contributed by atoms with Crippen molar-refractivity contribution < 1.29 is 10.0 Å². The van der Waals surface area contributed by atoms with E-state index >= 15 is 0 Å². The zero-order valence-corrected chi connectivity index (χ0v) is 12.2. The summed E-state index contributed by atoms with van der Waals surface area (Å²) >= 11 is 0. The number of hydrogen-bond donors (Lipinski definition) is 3. The predicted octanol–water partition coefficient (Wildman–Crippen LogP) is 1.10. The molecule has 1 aromatic heterocycles. The first-order valence-corrected chi connectivity index (χ1v) is 7.13. The standard InChI is InChI=1S/C14H21N5O2/c1-10-16-8-5-11(18-10)9-17-13(20)14(12(15)19-21)6-3-2-4-7-14/h5,8,21H,2-4,6-7,9H2,1H3,(H2,15,19)(H,17,20). The Balaban J connectivity index is 2.09. The van der Waals surface area contributed by atoms with E-state index in [4.69, 9.17) is 10.9 Å². The first kappa shape index (κ1) is 15.2. The van der Waals surface area contributed by atoms with E-state index in [9.17, 15) is 4.79 Å². The molecular weight excluding hydrogens is 270 g/mol. The highest BCUT2D eigenvalue weighted by atomic mass is 16.4. The summed E-state index contributed by atoms with van der Waals surface area (Å²) in [5.74, 6) is 0.456. The Morgan fingerprint density at radius 1 is 1.48 bits per heavy atom. The normalized spacial score (nSPS) is 18.2. The van der Waals surface area contributed by atoms with E-state index in [1.54, 1.807) is 19.2 Å². The zero-order chi connectivity index (χ0) is 15.3. The SMILES string of the molecule is Cc1nccc(CNC(=O)C2(C(N)=NO)CCCCC2)n1. The number of carbonyl (C=O) groups excluding carboxylic acids is 1. The highest BCUT2D eigenvalue weighted by molar-refractivity contribution is 6.06. The largest absolute Gasteiger partial charge is 0.409 e. The van der Waals surface area contributed by atoms with Crippen LogP contribution in [0.5, 0.6) is 0 Å². The van der Waals surface area contributed by atoms with Crippen molar-refractivity contribution in [1.82, 2.24) is 15.3 Å². The molecule has 1 heterocycles. The van der Waals surface area contributed by atoms with Gasteiger partial charge in [0.2, 0.25) is 5.91 Å². The second-order valence-corrected chi connectivity index (χ2v) is 5.41. The maximum absolute atomic E-state index is 12.6. The lowest BCUT2D eigenvalue weighted by molar-refractivity contribution is -0.129. The summed E-state index contributed by atoms with van der Waals surface area (Å²) in [4.78, 5) is 20.8. The molecule has 1 amide bonds. The molecule has 1 aliphatic rings. The van der Waals surface area contributed by atoms with Crippen LogP contribution >= 0.6 is 0 Å². The van der Waals surface area contributed by atoms with Crippen LogP contribution < -0.4 is 11.1 Å². The molecule has 0 saturated heterocycles. The molecule has 4 N–H and O–H groups in total. The van der Waals surface area contributed by atoms with Crippen molar-refractivity contribution in [2.75, 3.05) is 0 Å². The highest BCUT2D eigenvalue weighted by Gasteiger charge is 2.43. The van der Waals surface area contributed by atoms with Crippen molar-refractivity contribution >= 4 is 11.7 Å². The van der Waals surface area contributed by atoms with Gasteiger partial charge in [0, 0.05) is 6.20 Å². The van der Waals surface area contributed by atoms with E-state index in [0.29, 0.717) is 25.2 Å². The molecular formula is C14H21N5O2. The molecule has 0 spiro atoms. The minimum absolute atomic E-state index is 0.00133. The Hall–Kier alpha value is -2.18. The van der Waals surface area contributed by atoms with Crippen molar-refractivity contribution in [2.45, 2.75) is 45.6 Å². The quantitative estimate of drug-likeness (QED) is 0.333. The number of aromatic nitrogens is 2. The van der Waals surface area contributed by atoms with Gasteiger partial charge >= 0.3 is 0 Å². The number of nitrogens with zero attached hydrogens (tertiary/aromatic N) is 3. The third-order valence-electron chi connectivity index (χ3n) is 4.00. The summed E-state index contributed by atoms with van der Waals surface area (Å²) in [7, 11) is 0. The minimum Gasteiger partial charge on any atom is -0.409 e. The number of hydrogen-bond acceptors (Lipinski definition) is 5. The summed E-state index contributed by atoms with van der Waals surface area (Å²) in [6, 6.07) is 1.75. The van der Waals surface area contributed by atoms with Gasteiger partial charge in [-0.2, -0.15) is 0 Å². The number of aryl methyl sites for hydroxylation is 1. The summed E-state index contributed by atoms with van der Waals surface area (Å²) < 4.78 is 0. The highest BCUT2D eigenvalue weighted by Crippen LogP contribution is 2.36. The molecule has 0 aliphatic heterocycles. The van der Waals surface area contributed by atoms with E-state index in [0.717, 1.165) is 25.0 Å². The first-order valence-electron chi connectivity index (χ1n) is 7.13. The molecule has 21 heavy (non-hydrogen) atoms. The lowest BCUT2D eigenvalue weighted by Gasteiger charge is -2.34. The van der Waals surface area contributed by atoms with Crippen LogP contribution in [0.3, 0.4) is 0 Å². The second-order valence-electron chi connectivity index (χ2n) is 5.41. The number of rotatable bonds is 4. The van der Waals surface area contributed by atoms with Crippen molar-refractivity contribution in [3.8, 4) is 0 Å². The number of nitrogens with two attached hydrogens (primary N) is 1. The van der Waals surface area contributed by atoms with Crippen LogP contribution in [0.2, 0.25) is 0 Å². The number of amidine groups is 1. The van der Waals surface area contributed by atoms with Gasteiger partial charge in [-0.1, -0.05) is 24.4 Å². The monoisotopic (exact) mass is 291 g/mol. The van der Waals surface area contributed by atoms with Crippen LogP contribution in [-0.2, 0) is 11.3 Å². The van der Waals surface area contributed by atoms with Gasteiger partial charge in [0.15, 0.2) is 5.84 Å². The third-order valence-corrected chi connectivity index (χ3v) is 4.00. The number of amides is 1. The number of nitrogens with one attached hydrogen (secondary N) is 1. The molecule has 1 saturated carbocycles. The molecule has 1 aliphatic carbocycles. The molecule has 1 aromatic rings. The molecule has 7 nitrogen and oxygen atoms in total. The van der Waals surface area contributed by atoms with Gasteiger partial charge in [-0.25, -0.2) is 9.97 Å². The first-order chi connectivity index (χ1) is 10.1. The fraction of sp³-hybridized carbons (Fsp3) is 0.571. The van der Waals surface area contributed by atoms with E-state index in [-0.39, 0.29) is 11.7 Å². The van der Waals surface area contributed by atoms with Crippen LogP contribution in [0.15, 0.2) is 17.4 Å². The van der Waals surface area contributed by atoms with E-state index < -0.39 is 5.41 Å². The zero-order valence-electron chi connectivity index (χ0n) is 12.2. The van der Waals surface area contributed by atoms with Gasteiger partial charge in [0.1, 0.15) is 11.2 Å². The fourth-order valence-corrected chi connectivity index (χ4v) is 2.79. The summed E-state index contributed by atoms with van der Waals surface area (Å²) in [6.45, 7) is 2.10. The molecule has 0 atom stereocenters. The van der Waals surface area contributed by atoms with Gasteiger partial charge in [0.25, 0.3) is 0 Å². The van der Waals surface area contributed by atoms with Crippen LogP contribution in [0.25, 0.3) is 0 Å². The Kier molecular flexibility index (Phi) is 4.72. The van der Waals surface area contributed by atoms with Crippen molar-refractivity contribution in [3.05, 3.63) is 23.8 Å². The number of oxime groups is 1. The maximum Gasteiger partial charge on any atom is 0.234 e. The maximum atomic E-state index is 12.6. The van der Waals surface area contributed by atoms with Crippen LogP contribution in [0, 0.1) is 12.3 Å². The Labute approximate surface area is 123 Å². The van der Waals surface area contributed by atoms with Gasteiger partial charge in [0.05, 0.1) is 12.2 Å². The topological polar surface area (TPSA) is 113 Å². The molecule has 1 fully saturated rings. The van der Waals surface area contributed by atoms with Crippen LogP contribution in [0.1, 0.15) is 43.6 Å². The fourth-order valence-electron chi connectivity index (χ4n) is 2.79. The van der Waals surface area contributed by atoms with E-state index in [1.165, 1.54) is 0 Å². The summed E-state index contributed by atoms with van der Waals surface area (Å²) in [5.41, 5.74) is 5.63. The molecule has 0 aromatic carbocycles. The Morgan fingerprint density at radius 3 is 2.81 bits per heavy atom. The number of carbonyl (C=O) groups is 1. The van der Waals surface area contributed by atoms with Crippen molar-refractivity contribution in [3.63, 3.8) is 0 Å². The Bertz CT molecular complexity index is 538. The van der Waals surface area contributed by atoms with Gasteiger partial charge in [-0.05, 0) is 25.8 Å². The van der Waals surface area contributed by atoms with E-state index in [1.807, 2.05) is 0 Å². The molecule has 0 bridgehead atoms. The minimum atomic E-state index is -0.894. The summed E-state index contributed by atoms with van der Waals surface area (Å²) in [5, 5.41) is 14.9.